The average molecular weight is 267 g/mol. The predicted octanol–water partition coefficient (Wildman–Crippen LogP) is 3.39. The summed E-state index contributed by atoms with van der Waals surface area (Å²) in [6.07, 6.45) is 9.88. The summed E-state index contributed by atoms with van der Waals surface area (Å²) in [7, 11) is 0. The molecule has 3 heteroatoms. The minimum atomic E-state index is -0.642. The number of carboxylic acids is 1. The third-order valence-electron chi connectivity index (χ3n) is 5.08. The summed E-state index contributed by atoms with van der Waals surface area (Å²) in [6, 6.07) is 0. The monoisotopic (exact) mass is 267 g/mol. The van der Waals surface area contributed by atoms with Gasteiger partial charge in [-0.1, -0.05) is 26.2 Å². The fraction of sp³-hybridized carbons (Fsp3) is 0.938. The summed E-state index contributed by atoms with van der Waals surface area (Å²) < 4.78 is 0. The average Bonchev–Trinajstić information content (AvgIpc) is 2.39. The first-order chi connectivity index (χ1) is 9.15. The lowest BCUT2D eigenvalue weighted by Crippen LogP contribution is -2.41. The summed E-state index contributed by atoms with van der Waals surface area (Å²) in [5.41, 5.74) is 0. The molecule has 2 atom stereocenters. The number of carbonyl (C=O) groups is 1. The van der Waals surface area contributed by atoms with Crippen molar-refractivity contribution < 1.29 is 9.90 Å². The lowest BCUT2D eigenvalue weighted by Gasteiger charge is -2.38. The van der Waals surface area contributed by atoms with E-state index in [1.807, 2.05) is 0 Å². The van der Waals surface area contributed by atoms with Crippen molar-refractivity contribution in [2.24, 2.45) is 17.8 Å². The van der Waals surface area contributed by atoms with Crippen LogP contribution in [0.3, 0.4) is 0 Å². The van der Waals surface area contributed by atoms with Gasteiger partial charge in [0.1, 0.15) is 0 Å². The molecule has 110 valence electrons. The first kappa shape index (κ1) is 14.8. The summed E-state index contributed by atoms with van der Waals surface area (Å²) in [6.45, 7) is 5.73. The molecule has 1 saturated carbocycles. The maximum atomic E-state index is 10.8. The van der Waals surface area contributed by atoms with E-state index >= 15 is 0 Å². The van der Waals surface area contributed by atoms with Crippen LogP contribution >= 0.6 is 0 Å². The van der Waals surface area contributed by atoms with E-state index in [1.165, 1.54) is 58.0 Å². The van der Waals surface area contributed by atoms with Gasteiger partial charge in [-0.2, -0.15) is 0 Å². The van der Waals surface area contributed by atoms with E-state index in [0.29, 0.717) is 18.3 Å². The highest BCUT2D eigenvalue weighted by Crippen LogP contribution is 2.29. The van der Waals surface area contributed by atoms with Crippen LogP contribution in [0.15, 0.2) is 0 Å². The van der Waals surface area contributed by atoms with Crippen LogP contribution in [0.2, 0.25) is 0 Å². The topological polar surface area (TPSA) is 40.5 Å². The number of hydrogen-bond acceptors (Lipinski definition) is 2. The summed E-state index contributed by atoms with van der Waals surface area (Å²) in [4.78, 5) is 13.5. The van der Waals surface area contributed by atoms with Gasteiger partial charge in [0, 0.05) is 19.5 Å². The first-order valence-corrected chi connectivity index (χ1v) is 8.09. The van der Waals surface area contributed by atoms with E-state index in [1.54, 1.807) is 0 Å². The minimum absolute atomic E-state index is 0.326. The highest BCUT2D eigenvalue weighted by molar-refractivity contribution is 5.66. The Morgan fingerprint density at radius 2 is 1.95 bits per heavy atom. The molecule has 1 saturated heterocycles. The van der Waals surface area contributed by atoms with E-state index in [2.05, 4.69) is 11.8 Å². The zero-order valence-electron chi connectivity index (χ0n) is 12.3. The quantitative estimate of drug-likeness (QED) is 0.830. The van der Waals surface area contributed by atoms with E-state index in [-0.39, 0.29) is 0 Å². The molecule has 3 nitrogen and oxygen atoms in total. The van der Waals surface area contributed by atoms with Crippen molar-refractivity contribution in [3.63, 3.8) is 0 Å². The van der Waals surface area contributed by atoms with Gasteiger partial charge in [-0.15, -0.1) is 0 Å². The van der Waals surface area contributed by atoms with Gasteiger partial charge in [-0.3, -0.25) is 4.79 Å². The number of likely N-dealkylation sites (tertiary alicyclic amines) is 1. The van der Waals surface area contributed by atoms with Crippen molar-refractivity contribution in [1.82, 2.24) is 4.90 Å². The molecule has 2 aliphatic rings. The molecular weight excluding hydrogens is 238 g/mol. The van der Waals surface area contributed by atoms with E-state index < -0.39 is 5.97 Å². The van der Waals surface area contributed by atoms with Gasteiger partial charge < -0.3 is 10.0 Å². The number of hydrogen-bond donors (Lipinski definition) is 1. The van der Waals surface area contributed by atoms with Crippen LogP contribution in [-0.2, 0) is 4.79 Å². The molecule has 0 bridgehead atoms. The Morgan fingerprint density at radius 1 is 1.21 bits per heavy atom. The van der Waals surface area contributed by atoms with Crippen molar-refractivity contribution in [1.29, 1.82) is 0 Å². The van der Waals surface area contributed by atoms with Crippen LogP contribution in [0.5, 0.6) is 0 Å². The van der Waals surface area contributed by atoms with Crippen LogP contribution in [0.1, 0.15) is 58.3 Å². The lowest BCUT2D eigenvalue weighted by atomic mass is 9.83. The second kappa shape index (κ2) is 7.28. The molecule has 0 amide bonds. The smallest absolute Gasteiger partial charge is 0.303 e. The van der Waals surface area contributed by atoms with Crippen molar-refractivity contribution in [2.75, 3.05) is 19.6 Å². The fourth-order valence-corrected chi connectivity index (χ4v) is 3.90. The standard InChI is InChI=1S/C16H29NO2/c1-13(10-16(18)19)15-8-5-9-17(12-15)11-14-6-3-2-4-7-14/h13-15H,2-12H2,1H3,(H,18,19). The van der Waals surface area contributed by atoms with Gasteiger partial charge in [-0.05, 0) is 50.0 Å². The van der Waals surface area contributed by atoms with Crippen molar-refractivity contribution >= 4 is 5.97 Å². The Kier molecular flexibility index (Phi) is 5.68. The number of aliphatic carboxylic acids is 1. The molecule has 0 aromatic rings. The van der Waals surface area contributed by atoms with Crippen LogP contribution in [-0.4, -0.2) is 35.6 Å². The van der Waals surface area contributed by atoms with Crippen LogP contribution in [0.25, 0.3) is 0 Å². The summed E-state index contributed by atoms with van der Waals surface area (Å²) in [5, 5.41) is 8.93. The third-order valence-corrected chi connectivity index (χ3v) is 5.08. The van der Waals surface area contributed by atoms with Crippen molar-refractivity contribution in [3.8, 4) is 0 Å². The number of carboxylic acid groups (broad SMARTS) is 1. The summed E-state index contributed by atoms with van der Waals surface area (Å²) >= 11 is 0. The molecule has 2 rings (SSSR count). The Bertz CT molecular complexity index is 286. The zero-order chi connectivity index (χ0) is 13.7. The summed E-state index contributed by atoms with van der Waals surface area (Å²) in [5.74, 6) is 1.18. The van der Waals surface area contributed by atoms with Gasteiger partial charge in [0.2, 0.25) is 0 Å². The van der Waals surface area contributed by atoms with Crippen molar-refractivity contribution in [3.05, 3.63) is 0 Å². The molecule has 19 heavy (non-hydrogen) atoms. The highest BCUT2D eigenvalue weighted by Gasteiger charge is 2.27. The normalized spacial score (nSPS) is 28.2. The second-order valence-electron chi connectivity index (χ2n) is 6.74. The Labute approximate surface area is 117 Å². The third kappa shape index (κ3) is 4.79. The number of piperidine rings is 1. The van der Waals surface area contributed by atoms with Crippen LogP contribution < -0.4 is 0 Å². The molecule has 1 aliphatic heterocycles. The first-order valence-electron chi connectivity index (χ1n) is 8.09. The Balaban J connectivity index is 1.77. The molecule has 1 aliphatic carbocycles. The molecule has 2 fully saturated rings. The Morgan fingerprint density at radius 3 is 2.63 bits per heavy atom. The van der Waals surface area contributed by atoms with Gasteiger partial charge in [0.05, 0.1) is 0 Å². The molecule has 0 radical (unpaired) electrons. The lowest BCUT2D eigenvalue weighted by molar-refractivity contribution is -0.138. The van der Waals surface area contributed by atoms with Gasteiger partial charge in [-0.25, -0.2) is 0 Å². The molecular formula is C16H29NO2. The molecule has 0 aromatic heterocycles. The van der Waals surface area contributed by atoms with Gasteiger partial charge >= 0.3 is 5.97 Å². The SMILES string of the molecule is CC(CC(=O)O)C1CCCN(CC2CCCCC2)C1. The van der Waals surface area contributed by atoms with E-state index in [9.17, 15) is 4.79 Å². The largest absolute Gasteiger partial charge is 0.481 e. The van der Waals surface area contributed by atoms with Crippen LogP contribution in [0, 0.1) is 17.8 Å². The number of nitrogens with zero attached hydrogens (tertiary/aromatic N) is 1. The second-order valence-corrected chi connectivity index (χ2v) is 6.74. The zero-order valence-corrected chi connectivity index (χ0v) is 12.3. The Hall–Kier alpha value is -0.570. The number of rotatable bonds is 5. The van der Waals surface area contributed by atoms with Gasteiger partial charge in [0.15, 0.2) is 0 Å². The molecule has 0 aromatic carbocycles. The maximum Gasteiger partial charge on any atom is 0.303 e. The molecule has 1 N–H and O–H groups in total. The molecule has 2 unspecified atom stereocenters. The maximum absolute atomic E-state index is 10.8. The van der Waals surface area contributed by atoms with Crippen molar-refractivity contribution in [2.45, 2.75) is 58.3 Å². The highest BCUT2D eigenvalue weighted by atomic mass is 16.4. The van der Waals surface area contributed by atoms with E-state index in [0.717, 1.165) is 12.5 Å². The van der Waals surface area contributed by atoms with E-state index in [4.69, 9.17) is 5.11 Å². The molecule has 0 spiro atoms. The molecule has 1 heterocycles. The minimum Gasteiger partial charge on any atom is -0.481 e. The van der Waals surface area contributed by atoms with Crippen LogP contribution in [0.4, 0.5) is 0 Å². The van der Waals surface area contributed by atoms with Gasteiger partial charge in [0.25, 0.3) is 0 Å². The fourth-order valence-electron chi connectivity index (χ4n) is 3.90. The predicted molar refractivity (Wildman–Crippen MR) is 77.2 cm³/mol.